The Morgan fingerprint density at radius 1 is 1.44 bits per heavy atom. The highest BCUT2D eigenvalue weighted by Crippen LogP contribution is 2.26. The molecule has 1 atom stereocenters. The molecular weight excluding hydrogens is 224 g/mol. The van der Waals surface area contributed by atoms with Crippen molar-refractivity contribution in [2.75, 3.05) is 32.8 Å². The third kappa shape index (κ3) is 2.68. The molecule has 2 aliphatic heterocycles. The van der Waals surface area contributed by atoms with Crippen LogP contribution in [0.15, 0.2) is 18.2 Å². The highest BCUT2D eigenvalue weighted by molar-refractivity contribution is 5.39. The van der Waals surface area contributed by atoms with Crippen molar-refractivity contribution in [3.63, 3.8) is 0 Å². The van der Waals surface area contributed by atoms with E-state index in [2.05, 4.69) is 35.3 Å². The molecular formula is C15H22N2O. The maximum absolute atomic E-state index is 5.54. The molecule has 0 amide bonds. The predicted octanol–water partition coefficient (Wildman–Crippen LogP) is 1.46. The van der Waals surface area contributed by atoms with E-state index >= 15 is 0 Å². The van der Waals surface area contributed by atoms with Crippen LogP contribution >= 0.6 is 0 Å². The first-order valence-corrected chi connectivity index (χ1v) is 7.01. The lowest BCUT2D eigenvalue weighted by Gasteiger charge is -2.31. The van der Waals surface area contributed by atoms with Crippen LogP contribution in [0.5, 0.6) is 5.75 Å². The predicted molar refractivity (Wildman–Crippen MR) is 73.2 cm³/mol. The van der Waals surface area contributed by atoms with Gasteiger partial charge in [-0.2, -0.15) is 0 Å². The van der Waals surface area contributed by atoms with E-state index in [0.717, 1.165) is 31.7 Å². The monoisotopic (exact) mass is 246 g/mol. The van der Waals surface area contributed by atoms with Gasteiger partial charge in [0.1, 0.15) is 5.75 Å². The van der Waals surface area contributed by atoms with Crippen LogP contribution in [0.1, 0.15) is 18.1 Å². The van der Waals surface area contributed by atoms with Crippen molar-refractivity contribution in [3.8, 4) is 5.75 Å². The zero-order valence-corrected chi connectivity index (χ0v) is 11.1. The number of benzene rings is 1. The van der Waals surface area contributed by atoms with Crippen molar-refractivity contribution in [2.24, 2.45) is 0 Å². The Morgan fingerprint density at radius 2 is 2.39 bits per heavy atom. The fraction of sp³-hybridized carbons (Fsp3) is 0.600. The van der Waals surface area contributed by atoms with Gasteiger partial charge in [0.15, 0.2) is 0 Å². The molecule has 98 valence electrons. The molecule has 0 saturated carbocycles. The summed E-state index contributed by atoms with van der Waals surface area (Å²) in [5.74, 6) is 1.09. The molecule has 3 rings (SSSR count). The number of fused-ring (bicyclic) bond motifs is 1. The second-order valence-electron chi connectivity index (χ2n) is 5.45. The largest absolute Gasteiger partial charge is 0.493 e. The molecule has 2 heterocycles. The average molecular weight is 246 g/mol. The second-order valence-corrected chi connectivity index (χ2v) is 5.45. The van der Waals surface area contributed by atoms with Crippen molar-refractivity contribution in [1.29, 1.82) is 0 Å². The third-order valence-corrected chi connectivity index (χ3v) is 3.92. The molecule has 0 radical (unpaired) electrons. The molecule has 1 N–H and O–H groups in total. The van der Waals surface area contributed by atoms with Gasteiger partial charge in [0, 0.05) is 38.6 Å². The fourth-order valence-corrected chi connectivity index (χ4v) is 2.90. The standard InChI is InChI=1S/C15H22N2O/c1-12-11-17(8-6-16-12)7-4-13-2-3-15-14(10-13)5-9-18-15/h2-3,10,12,16H,4-9,11H2,1H3/t12-/m1/s1. The van der Waals surface area contributed by atoms with E-state index in [0.29, 0.717) is 6.04 Å². The molecule has 0 unspecified atom stereocenters. The Hall–Kier alpha value is -1.06. The summed E-state index contributed by atoms with van der Waals surface area (Å²) in [6.07, 6.45) is 2.23. The molecule has 1 fully saturated rings. The second kappa shape index (κ2) is 5.29. The Kier molecular flexibility index (Phi) is 3.52. The summed E-state index contributed by atoms with van der Waals surface area (Å²) in [5.41, 5.74) is 2.84. The first kappa shape index (κ1) is 12.0. The lowest BCUT2D eigenvalue weighted by Crippen LogP contribution is -2.49. The summed E-state index contributed by atoms with van der Waals surface area (Å²) in [4.78, 5) is 2.56. The van der Waals surface area contributed by atoms with Crippen molar-refractivity contribution in [2.45, 2.75) is 25.8 Å². The van der Waals surface area contributed by atoms with Crippen LogP contribution in [0.25, 0.3) is 0 Å². The van der Waals surface area contributed by atoms with Crippen molar-refractivity contribution in [1.82, 2.24) is 10.2 Å². The molecule has 0 aromatic heterocycles. The molecule has 0 spiro atoms. The molecule has 2 aliphatic rings. The fourth-order valence-electron chi connectivity index (χ4n) is 2.90. The Bertz CT molecular complexity index is 419. The van der Waals surface area contributed by atoms with Crippen LogP contribution in [0.4, 0.5) is 0 Å². The summed E-state index contributed by atoms with van der Waals surface area (Å²) < 4.78 is 5.54. The highest BCUT2D eigenvalue weighted by Gasteiger charge is 2.16. The van der Waals surface area contributed by atoms with E-state index < -0.39 is 0 Å². The van der Waals surface area contributed by atoms with Crippen LogP contribution in [0.2, 0.25) is 0 Å². The van der Waals surface area contributed by atoms with E-state index in [1.807, 2.05) is 0 Å². The third-order valence-electron chi connectivity index (χ3n) is 3.92. The zero-order chi connectivity index (χ0) is 12.4. The quantitative estimate of drug-likeness (QED) is 0.874. The maximum Gasteiger partial charge on any atom is 0.122 e. The van der Waals surface area contributed by atoms with Crippen molar-refractivity contribution in [3.05, 3.63) is 29.3 Å². The first-order valence-electron chi connectivity index (χ1n) is 7.01. The normalized spacial score (nSPS) is 23.7. The van der Waals surface area contributed by atoms with Crippen LogP contribution in [0, 0.1) is 0 Å². The summed E-state index contributed by atoms with van der Waals surface area (Å²) >= 11 is 0. The summed E-state index contributed by atoms with van der Waals surface area (Å²) in [7, 11) is 0. The lowest BCUT2D eigenvalue weighted by molar-refractivity contribution is 0.209. The Labute approximate surface area is 109 Å². The van der Waals surface area contributed by atoms with E-state index in [-0.39, 0.29) is 0 Å². The van der Waals surface area contributed by atoms with Gasteiger partial charge in [-0.1, -0.05) is 12.1 Å². The van der Waals surface area contributed by atoms with Crippen molar-refractivity contribution >= 4 is 0 Å². The van der Waals surface area contributed by atoms with Crippen LogP contribution in [-0.2, 0) is 12.8 Å². The lowest BCUT2D eigenvalue weighted by atomic mass is 10.1. The first-order chi connectivity index (χ1) is 8.81. The molecule has 1 aromatic rings. The van der Waals surface area contributed by atoms with E-state index in [9.17, 15) is 0 Å². The van der Waals surface area contributed by atoms with Gasteiger partial charge in [-0.25, -0.2) is 0 Å². The van der Waals surface area contributed by atoms with Gasteiger partial charge >= 0.3 is 0 Å². The SMILES string of the molecule is C[C@@H]1CN(CCc2ccc3c(c2)CCO3)CCN1. The van der Waals surface area contributed by atoms with Crippen LogP contribution in [-0.4, -0.2) is 43.7 Å². The number of nitrogens with zero attached hydrogens (tertiary/aromatic N) is 1. The Morgan fingerprint density at radius 3 is 3.28 bits per heavy atom. The number of nitrogens with one attached hydrogen (secondary N) is 1. The minimum atomic E-state index is 0.632. The molecule has 0 bridgehead atoms. The molecule has 3 heteroatoms. The van der Waals surface area contributed by atoms with Crippen molar-refractivity contribution < 1.29 is 4.74 Å². The zero-order valence-electron chi connectivity index (χ0n) is 11.1. The highest BCUT2D eigenvalue weighted by atomic mass is 16.5. The number of hydrogen-bond acceptors (Lipinski definition) is 3. The minimum Gasteiger partial charge on any atom is -0.493 e. The average Bonchev–Trinajstić information content (AvgIpc) is 2.84. The van der Waals surface area contributed by atoms with Gasteiger partial charge in [0.25, 0.3) is 0 Å². The maximum atomic E-state index is 5.54. The molecule has 1 saturated heterocycles. The Balaban J connectivity index is 1.56. The summed E-state index contributed by atoms with van der Waals surface area (Å²) in [5, 5.41) is 3.49. The van der Waals surface area contributed by atoms with Gasteiger partial charge in [-0.3, -0.25) is 0 Å². The minimum absolute atomic E-state index is 0.632. The van der Waals surface area contributed by atoms with E-state index in [4.69, 9.17) is 4.74 Å². The summed E-state index contributed by atoms with van der Waals surface area (Å²) in [6.45, 7) is 7.77. The van der Waals surface area contributed by atoms with E-state index in [1.165, 1.54) is 30.8 Å². The summed E-state index contributed by atoms with van der Waals surface area (Å²) in [6, 6.07) is 7.31. The van der Waals surface area contributed by atoms with Gasteiger partial charge in [-0.05, 0) is 30.5 Å². The van der Waals surface area contributed by atoms with Gasteiger partial charge < -0.3 is 15.0 Å². The number of rotatable bonds is 3. The van der Waals surface area contributed by atoms with Crippen LogP contribution in [0.3, 0.4) is 0 Å². The molecule has 1 aromatic carbocycles. The van der Waals surface area contributed by atoms with Gasteiger partial charge in [0.2, 0.25) is 0 Å². The molecule has 3 nitrogen and oxygen atoms in total. The smallest absolute Gasteiger partial charge is 0.122 e. The number of ether oxygens (including phenoxy) is 1. The topological polar surface area (TPSA) is 24.5 Å². The van der Waals surface area contributed by atoms with Crippen LogP contribution < -0.4 is 10.1 Å². The van der Waals surface area contributed by atoms with Gasteiger partial charge in [0.05, 0.1) is 6.61 Å². The van der Waals surface area contributed by atoms with E-state index in [1.54, 1.807) is 0 Å². The van der Waals surface area contributed by atoms with Gasteiger partial charge in [-0.15, -0.1) is 0 Å². The number of hydrogen-bond donors (Lipinski definition) is 1. The molecule has 0 aliphatic carbocycles. The molecule has 18 heavy (non-hydrogen) atoms. The number of piperazine rings is 1.